The van der Waals surface area contributed by atoms with Crippen molar-refractivity contribution in [2.24, 2.45) is 5.16 Å². The van der Waals surface area contributed by atoms with Crippen molar-refractivity contribution in [2.45, 2.75) is 25.4 Å². The molecule has 0 N–H and O–H groups in total. The summed E-state index contributed by atoms with van der Waals surface area (Å²) >= 11 is 0. The van der Waals surface area contributed by atoms with Gasteiger partial charge < -0.3 is 9.57 Å². The van der Waals surface area contributed by atoms with Gasteiger partial charge in [0.25, 0.3) is 0 Å². The van der Waals surface area contributed by atoms with Crippen LogP contribution >= 0.6 is 0 Å². The van der Waals surface area contributed by atoms with E-state index in [-0.39, 0.29) is 12.2 Å². The fourth-order valence-corrected chi connectivity index (χ4v) is 1.49. The Hall–Kier alpha value is -2.26. The van der Waals surface area contributed by atoms with Gasteiger partial charge in [-0.25, -0.2) is 4.79 Å². The smallest absolute Gasteiger partial charge is 0.429 e. The van der Waals surface area contributed by atoms with Gasteiger partial charge in [0.05, 0.1) is 12.2 Å². The number of rotatable bonds is 5. The molecule has 0 saturated carbocycles. The predicted molar refractivity (Wildman–Crippen MR) is 66.5 cm³/mol. The van der Waals surface area contributed by atoms with Crippen molar-refractivity contribution >= 4 is 12.2 Å². The minimum absolute atomic E-state index is 0.138. The Morgan fingerprint density at radius 3 is 2.43 bits per heavy atom. The first-order chi connectivity index (χ1) is 10.5. The lowest BCUT2D eigenvalue weighted by Gasteiger charge is -2.15. The third-order valence-corrected chi connectivity index (χ3v) is 2.38. The molecule has 0 fully saturated rings. The number of hydrogen-bond donors (Lipinski definition) is 0. The molecule has 0 bridgehead atoms. The second-order valence-electron chi connectivity index (χ2n) is 4.14. The molecule has 0 aromatic heterocycles. The summed E-state index contributed by atoms with van der Waals surface area (Å²) in [6, 6.07) is 3.39. The number of esters is 1. The third-order valence-electron chi connectivity index (χ3n) is 2.38. The molecule has 1 aromatic rings. The fourth-order valence-electron chi connectivity index (χ4n) is 1.49. The van der Waals surface area contributed by atoms with Crippen molar-refractivity contribution in [3.05, 3.63) is 35.4 Å². The first-order valence-electron chi connectivity index (χ1n) is 6.15. The van der Waals surface area contributed by atoms with Crippen LogP contribution in [0.15, 0.2) is 29.4 Å². The maximum atomic E-state index is 12.7. The van der Waals surface area contributed by atoms with Gasteiger partial charge in [0.15, 0.2) is 0 Å². The van der Waals surface area contributed by atoms with Crippen LogP contribution in [0.4, 0.5) is 26.3 Å². The van der Waals surface area contributed by atoms with E-state index in [1.54, 1.807) is 0 Å². The number of benzene rings is 1. The number of carbonyl (C=O) groups excluding carboxylic acids is 1. The molecule has 0 aliphatic heterocycles. The van der Waals surface area contributed by atoms with Crippen LogP contribution in [0.25, 0.3) is 0 Å². The van der Waals surface area contributed by atoms with E-state index in [2.05, 4.69) is 14.7 Å². The Morgan fingerprint density at radius 1 is 1.26 bits per heavy atom. The summed E-state index contributed by atoms with van der Waals surface area (Å²) < 4.78 is 78.5. The van der Waals surface area contributed by atoms with Crippen molar-refractivity contribution in [1.29, 1.82) is 0 Å². The molecule has 0 aliphatic carbocycles. The summed E-state index contributed by atoms with van der Waals surface area (Å²) in [5.41, 5.74) is -1.43. The van der Waals surface area contributed by atoms with E-state index in [1.807, 2.05) is 0 Å². The lowest BCUT2D eigenvalue weighted by Crippen LogP contribution is -2.19. The van der Waals surface area contributed by atoms with E-state index in [1.165, 1.54) is 6.92 Å². The van der Waals surface area contributed by atoms with Crippen LogP contribution in [0, 0.1) is 0 Å². The summed E-state index contributed by atoms with van der Waals surface area (Å²) in [6.07, 6.45) is -11.9. The van der Waals surface area contributed by atoms with E-state index < -0.39 is 36.2 Å². The van der Waals surface area contributed by atoms with Crippen molar-refractivity contribution < 1.29 is 40.7 Å². The quantitative estimate of drug-likeness (QED) is 0.353. The molecule has 1 rings (SSSR count). The monoisotopic (exact) mass is 343 g/mol. The lowest BCUT2D eigenvalue weighted by atomic mass is 10.1. The van der Waals surface area contributed by atoms with E-state index in [0.717, 1.165) is 18.2 Å². The standard InChI is InChI=1S/C13H11F6NO3/c1-2-22-11(21)10(23-20-7-12(14,15)16)8-4-3-5-9(6-8)13(17,18)19/h3-7,10H,2H2,1H3. The Morgan fingerprint density at radius 2 is 1.91 bits per heavy atom. The summed E-state index contributed by atoms with van der Waals surface area (Å²) in [4.78, 5) is 16.1. The zero-order valence-corrected chi connectivity index (χ0v) is 11.6. The molecule has 0 radical (unpaired) electrons. The highest BCUT2D eigenvalue weighted by Gasteiger charge is 2.33. The van der Waals surface area contributed by atoms with Gasteiger partial charge in [0, 0.05) is 5.56 Å². The van der Waals surface area contributed by atoms with Crippen LogP contribution in [0.2, 0.25) is 0 Å². The van der Waals surface area contributed by atoms with Crippen LogP contribution in [0.1, 0.15) is 24.2 Å². The van der Waals surface area contributed by atoms with Crippen LogP contribution in [0.3, 0.4) is 0 Å². The van der Waals surface area contributed by atoms with Crippen LogP contribution < -0.4 is 0 Å². The largest absolute Gasteiger partial charge is 0.463 e. The van der Waals surface area contributed by atoms with Crippen molar-refractivity contribution in [1.82, 2.24) is 0 Å². The molecule has 0 saturated heterocycles. The predicted octanol–water partition coefficient (Wildman–Crippen LogP) is 3.87. The van der Waals surface area contributed by atoms with Gasteiger partial charge >= 0.3 is 18.3 Å². The van der Waals surface area contributed by atoms with Gasteiger partial charge in [-0.15, -0.1) is 0 Å². The molecule has 1 atom stereocenters. The molecule has 10 heteroatoms. The average molecular weight is 343 g/mol. The minimum Gasteiger partial charge on any atom is -0.463 e. The number of halogens is 6. The molecule has 128 valence electrons. The molecule has 4 nitrogen and oxygen atoms in total. The van der Waals surface area contributed by atoms with Crippen LogP contribution in [-0.4, -0.2) is 25.0 Å². The summed E-state index contributed by atoms with van der Waals surface area (Å²) in [6.45, 7) is 1.28. The van der Waals surface area contributed by atoms with Crippen molar-refractivity contribution in [2.75, 3.05) is 6.61 Å². The Labute approximate surface area is 126 Å². The number of nitrogens with zero attached hydrogens (tertiary/aromatic N) is 1. The van der Waals surface area contributed by atoms with Crippen molar-refractivity contribution in [3.63, 3.8) is 0 Å². The number of hydrogen-bond acceptors (Lipinski definition) is 4. The number of oxime groups is 1. The van der Waals surface area contributed by atoms with Gasteiger partial charge in [-0.2, -0.15) is 26.3 Å². The molecule has 1 aromatic carbocycles. The topological polar surface area (TPSA) is 47.9 Å². The zero-order chi connectivity index (χ0) is 17.7. The normalized spacial score (nSPS) is 13.9. The van der Waals surface area contributed by atoms with Crippen molar-refractivity contribution in [3.8, 4) is 0 Å². The Kier molecular flexibility index (Phi) is 5.99. The van der Waals surface area contributed by atoms with Gasteiger partial charge in [0.2, 0.25) is 6.10 Å². The summed E-state index contributed by atoms with van der Waals surface area (Å²) in [5.74, 6) is -1.16. The first kappa shape index (κ1) is 18.8. The van der Waals surface area contributed by atoms with Gasteiger partial charge in [0.1, 0.15) is 6.21 Å². The second-order valence-corrected chi connectivity index (χ2v) is 4.14. The Bertz CT molecular complexity index is 568. The highest BCUT2D eigenvalue weighted by atomic mass is 19.4. The SMILES string of the molecule is CCOC(=O)C(ON=CC(F)(F)F)c1cccc(C(F)(F)F)c1. The summed E-state index contributed by atoms with van der Waals surface area (Å²) in [7, 11) is 0. The van der Waals surface area contributed by atoms with Gasteiger partial charge in [-0.05, 0) is 19.1 Å². The van der Waals surface area contributed by atoms with E-state index >= 15 is 0 Å². The lowest BCUT2D eigenvalue weighted by molar-refractivity contribution is -0.158. The zero-order valence-electron chi connectivity index (χ0n) is 11.6. The molecule has 0 aliphatic rings. The number of ether oxygens (including phenoxy) is 1. The van der Waals surface area contributed by atoms with E-state index in [9.17, 15) is 31.1 Å². The number of carbonyl (C=O) groups is 1. The highest BCUT2D eigenvalue weighted by molar-refractivity contribution is 5.76. The fraction of sp³-hybridized carbons (Fsp3) is 0.385. The first-order valence-corrected chi connectivity index (χ1v) is 6.15. The van der Waals surface area contributed by atoms with Gasteiger partial charge in [-0.3, -0.25) is 0 Å². The summed E-state index contributed by atoms with van der Waals surface area (Å²) in [5, 5.41) is 2.58. The molecule has 1 unspecified atom stereocenters. The number of alkyl halides is 6. The van der Waals surface area contributed by atoms with E-state index in [4.69, 9.17) is 0 Å². The molecule has 23 heavy (non-hydrogen) atoms. The molecule has 0 amide bonds. The molecular formula is C13H11F6NO3. The van der Waals surface area contributed by atoms with Crippen LogP contribution in [-0.2, 0) is 20.5 Å². The molecule has 0 heterocycles. The Balaban J connectivity index is 3.09. The third kappa shape index (κ3) is 6.17. The molecule has 0 spiro atoms. The minimum atomic E-state index is -4.80. The molecular weight excluding hydrogens is 332 g/mol. The van der Waals surface area contributed by atoms with Gasteiger partial charge in [-0.1, -0.05) is 17.3 Å². The van der Waals surface area contributed by atoms with Crippen LogP contribution in [0.5, 0.6) is 0 Å². The average Bonchev–Trinajstić information content (AvgIpc) is 2.42. The highest BCUT2D eigenvalue weighted by Crippen LogP contribution is 2.31. The maximum absolute atomic E-state index is 12.7. The van der Waals surface area contributed by atoms with E-state index in [0.29, 0.717) is 6.07 Å². The second kappa shape index (κ2) is 7.34. The maximum Gasteiger partial charge on any atom is 0.429 e.